The molecule has 0 radical (unpaired) electrons. The van der Waals surface area contributed by atoms with Gasteiger partial charge in [0.1, 0.15) is 6.54 Å². The molecule has 0 bridgehead atoms. The summed E-state index contributed by atoms with van der Waals surface area (Å²) in [5.41, 5.74) is 3.64. The number of benzene rings is 1. The van der Waals surface area contributed by atoms with E-state index in [-0.39, 0.29) is 0 Å². The molecule has 0 aliphatic heterocycles. The Labute approximate surface area is 127 Å². The van der Waals surface area contributed by atoms with Crippen LogP contribution in [-0.4, -0.2) is 14.1 Å². The first-order valence-corrected chi connectivity index (χ1v) is 7.30. The lowest BCUT2D eigenvalue weighted by molar-refractivity contribution is -0.693. The molecule has 0 N–H and O–H groups in total. The summed E-state index contributed by atoms with van der Waals surface area (Å²) in [6.45, 7) is 3.15. The molecular weight excluding hydrogens is 256 g/mol. The third kappa shape index (κ3) is 4.60. The number of aromatic nitrogens is 1. The topological polar surface area (TPSA) is 7.12 Å². The van der Waals surface area contributed by atoms with Crippen molar-refractivity contribution in [1.29, 1.82) is 0 Å². The van der Waals surface area contributed by atoms with E-state index >= 15 is 0 Å². The van der Waals surface area contributed by atoms with Gasteiger partial charge in [-0.3, -0.25) is 0 Å². The van der Waals surface area contributed by atoms with Gasteiger partial charge in [-0.2, -0.15) is 0 Å². The number of pyridine rings is 1. The smallest absolute Gasteiger partial charge is 0.169 e. The van der Waals surface area contributed by atoms with Gasteiger partial charge >= 0.3 is 0 Å². The predicted octanol–water partition coefficient (Wildman–Crippen LogP) is 3.79. The van der Waals surface area contributed by atoms with Crippen molar-refractivity contribution >= 4 is 17.8 Å². The second kappa shape index (κ2) is 7.44. The Morgan fingerprint density at radius 1 is 0.857 bits per heavy atom. The first-order chi connectivity index (χ1) is 10.2. The number of hydrogen-bond acceptors (Lipinski definition) is 1. The third-order valence-electron chi connectivity index (χ3n) is 3.38. The molecule has 0 fully saturated rings. The standard InChI is InChI=1S/C19H23N2/c1-4-21-15-13-18(14-16-21)8-6-5-7-17-9-11-19(12-10-17)20(2)3/h5-16H,4H2,1-3H3/q+1. The summed E-state index contributed by atoms with van der Waals surface area (Å²) in [6, 6.07) is 12.8. The number of hydrogen-bond donors (Lipinski definition) is 0. The first kappa shape index (κ1) is 15.0. The average molecular weight is 279 g/mol. The van der Waals surface area contributed by atoms with E-state index in [9.17, 15) is 0 Å². The fourth-order valence-corrected chi connectivity index (χ4v) is 2.01. The summed E-state index contributed by atoms with van der Waals surface area (Å²) in [6.07, 6.45) is 12.6. The van der Waals surface area contributed by atoms with Gasteiger partial charge in [-0.25, -0.2) is 4.57 Å². The van der Waals surface area contributed by atoms with E-state index in [4.69, 9.17) is 0 Å². The lowest BCUT2D eigenvalue weighted by Crippen LogP contribution is -2.30. The van der Waals surface area contributed by atoms with Gasteiger partial charge in [0.05, 0.1) is 0 Å². The Morgan fingerprint density at radius 2 is 1.38 bits per heavy atom. The van der Waals surface area contributed by atoms with Crippen LogP contribution in [0.5, 0.6) is 0 Å². The highest BCUT2D eigenvalue weighted by atomic mass is 15.1. The van der Waals surface area contributed by atoms with Gasteiger partial charge in [-0.05, 0) is 30.2 Å². The molecule has 0 saturated heterocycles. The summed E-state index contributed by atoms with van der Waals surface area (Å²) in [7, 11) is 4.10. The minimum atomic E-state index is 1.01. The Hall–Kier alpha value is -2.35. The molecule has 2 rings (SSSR count). The molecule has 2 aromatic rings. The maximum absolute atomic E-state index is 2.15. The number of aryl methyl sites for hydroxylation is 1. The second-order valence-electron chi connectivity index (χ2n) is 5.17. The molecule has 21 heavy (non-hydrogen) atoms. The second-order valence-corrected chi connectivity index (χ2v) is 5.17. The van der Waals surface area contributed by atoms with Crippen LogP contribution >= 0.6 is 0 Å². The van der Waals surface area contributed by atoms with Crippen molar-refractivity contribution in [3.63, 3.8) is 0 Å². The van der Waals surface area contributed by atoms with Crippen molar-refractivity contribution in [3.05, 3.63) is 72.1 Å². The molecule has 1 aromatic carbocycles. The van der Waals surface area contributed by atoms with Crippen LogP contribution in [0.4, 0.5) is 5.69 Å². The quantitative estimate of drug-likeness (QED) is 0.596. The van der Waals surface area contributed by atoms with Gasteiger partial charge in [0, 0.05) is 31.9 Å². The monoisotopic (exact) mass is 279 g/mol. The van der Waals surface area contributed by atoms with Crippen LogP contribution in [0, 0.1) is 0 Å². The van der Waals surface area contributed by atoms with E-state index in [0.717, 1.165) is 6.54 Å². The normalized spacial score (nSPS) is 11.4. The van der Waals surface area contributed by atoms with Crippen molar-refractivity contribution in [2.75, 3.05) is 19.0 Å². The van der Waals surface area contributed by atoms with E-state index in [0.29, 0.717) is 0 Å². The average Bonchev–Trinajstić information content (AvgIpc) is 2.52. The number of rotatable bonds is 5. The Bertz CT molecular complexity index is 605. The van der Waals surface area contributed by atoms with Crippen molar-refractivity contribution in [2.45, 2.75) is 13.5 Å². The van der Waals surface area contributed by atoms with E-state index < -0.39 is 0 Å². The van der Waals surface area contributed by atoms with Crippen LogP contribution in [0.2, 0.25) is 0 Å². The Balaban J connectivity index is 1.96. The molecule has 0 saturated carbocycles. The van der Waals surface area contributed by atoms with Gasteiger partial charge in [0.2, 0.25) is 0 Å². The van der Waals surface area contributed by atoms with Gasteiger partial charge in [0.25, 0.3) is 0 Å². The summed E-state index contributed by atoms with van der Waals surface area (Å²) in [4.78, 5) is 2.10. The molecule has 108 valence electrons. The van der Waals surface area contributed by atoms with E-state index in [2.05, 4.69) is 104 Å². The van der Waals surface area contributed by atoms with Crippen molar-refractivity contribution in [2.24, 2.45) is 0 Å². The predicted molar refractivity (Wildman–Crippen MR) is 91.1 cm³/mol. The zero-order valence-corrected chi connectivity index (χ0v) is 13.0. The number of nitrogens with zero attached hydrogens (tertiary/aromatic N) is 2. The van der Waals surface area contributed by atoms with Crippen LogP contribution in [0.25, 0.3) is 12.2 Å². The molecule has 1 aromatic heterocycles. The van der Waals surface area contributed by atoms with Crippen molar-refractivity contribution in [1.82, 2.24) is 0 Å². The van der Waals surface area contributed by atoms with E-state index in [1.54, 1.807) is 0 Å². The van der Waals surface area contributed by atoms with Gasteiger partial charge in [0.15, 0.2) is 12.4 Å². The highest BCUT2D eigenvalue weighted by molar-refractivity contribution is 5.59. The molecule has 0 atom stereocenters. The Kier molecular flexibility index (Phi) is 5.33. The van der Waals surface area contributed by atoms with Gasteiger partial charge < -0.3 is 4.90 Å². The van der Waals surface area contributed by atoms with Gasteiger partial charge in [-0.15, -0.1) is 0 Å². The highest BCUT2D eigenvalue weighted by Gasteiger charge is 1.94. The number of allylic oxidation sites excluding steroid dienone is 2. The molecule has 0 aliphatic rings. The minimum Gasteiger partial charge on any atom is -0.378 e. The molecule has 0 amide bonds. The maximum atomic E-state index is 2.15. The minimum absolute atomic E-state index is 1.01. The third-order valence-corrected chi connectivity index (χ3v) is 3.38. The maximum Gasteiger partial charge on any atom is 0.169 e. The summed E-state index contributed by atoms with van der Waals surface area (Å²) in [5, 5.41) is 0. The summed E-state index contributed by atoms with van der Waals surface area (Å²) in [5.74, 6) is 0. The number of anilines is 1. The van der Waals surface area contributed by atoms with Crippen LogP contribution in [-0.2, 0) is 6.54 Å². The van der Waals surface area contributed by atoms with E-state index in [1.165, 1.54) is 16.8 Å². The lowest BCUT2D eigenvalue weighted by Gasteiger charge is -2.11. The summed E-state index contributed by atoms with van der Waals surface area (Å²) < 4.78 is 2.15. The molecule has 2 heteroatoms. The fourth-order valence-electron chi connectivity index (χ4n) is 2.01. The molecular formula is C19H23N2+. The van der Waals surface area contributed by atoms with E-state index in [1.807, 2.05) is 0 Å². The highest BCUT2D eigenvalue weighted by Crippen LogP contribution is 2.13. The van der Waals surface area contributed by atoms with Gasteiger partial charge in [-0.1, -0.05) is 36.4 Å². The molecule has 0 unspecified atom stereocenters. The van der Waals surface area contributed by atoms with Crippen LogP contribution < -0.4 is 9.47 Å². The first-order valence-electron chi connectivity index (χ1n) is 7.30. The zero-order chi connectivity index (χ0) is 15.1. The molecule has 0 aliphatic carbocycles. The van der Waals surface area contributed by atoms with Crippen LogP contribution in [0.1, 0.15) is 18.1 Å². The molecule has 1 heterocycles. The lowest BCUT2D eigenvalue weighted by atomic mass is 10.2. The zero-order valence-electron chi connectivity index (χ0n) is 13.0. The molecule has 2 nitrogen and oxygen atoms in total. The Morgan fingerprint density at radius 3 is 1.86 bits per heavy atom. The van der Waals surface area contributed by atoms with Crippen molar-refractivity contribution in [3.8, 4) is 0 Å². The largest absolute Gasteiger partial charge is 0.378 e. The van der Waals surface area contributed by atoms with Crippen LogP contribution in [0.3, 0.4) is 0 Å². The SMILES string of the molecule is CC[n+]1ccc(/C=C/C=C/c2ccc(N(C)C)cc2)cc1. The van der Waals surface area contributed by atoms with Crippen molar-refractivity contribution < 1.29 is 4.57 Å². The van der Waals surface area contributed by atoms with Crippen LogP contribution in [0.15, 0.2) is 60.9 Å². The molecule has 0 spiro atoms. The summed E-state index contributed by atoms with van der Waals surface area (Å²) >= 11 is 0. The fraction of sp³-hybridized carbons (Fsp3) is 0.211.